The first-order chi connectivity index (χ1) is 15.9. The van der Waals surface area contributed by atoms with Crippen LogP contribution in [0.25, 0.3) is 15.9 Å². The van der Waals surface area contributed by atoms with Gasteiger partial charge in [-0.05, 0) is 24.1 Å². The highest BCUT2D eigenvalue weighted by molar-refractivity contribution is 7.99. The number of para-hydroxylation sites is 1. The molecular formula is C22H22N4O5S2. The first-order valence-electron chi connectivity index (χ1n) is 10.2. The van der Waals surface area contributed by atoms with E-state index >= 15 is 0 Å². The van der Waals surface area contributed by atoms with Gasteiger partial charge < -0.3 is 15.0 Å². The molecule has 0 unspecified atom stereocenters. The molecule has 11 heteroatoms. The molecule has 4 rings (SSSR count). The number of esters is 1. The molecule has 2 aromatic heterocycles. The van der Waals surface area contributed by atoms with E-state index in [1.54, 1.807) is 11.8 Å². The largest absolute Gasteiger partial charge is 0.468 e. The molecule has 172 valence electrons. The Hall–Kier alpha value is -3.18. The van der Waals surface area contributed by atoms with Crippen LogP contribution in [0.5, 0.6) is 0 Å². The number of nitrogens with one attached hydrogen (secondary N) is 1. The quantitative estimate of drug-likeness (QED) is 0.321. The lowest BCUT2D eigenvalue weighted by molar-refractivity contribution is -0.140. The number of aromatic nitrogens is 2. The molecule has 0 saturated carbocycles. The summed E-state index contributed by atoms with van der Waals surface area (Å²) in [5.74, 6) is -0.938. The maximum absolute atomic E-state index is 13.7. The van der Waals surface area contributed by atoms with Crippen LogP contribution >= 0.6 is 23.1 Å². The van der Waals surface area contributed by atoms with Crippen molar-refractivity contribution in [2.75, 3.05) is 26.0 Å². The molecule has 0 saturated heterocycles. The van der Waals surface area contributed by atoms with Crippen molar-refractivity contribution in [3.05, 3.63) is 51.1 Å². The first kappa shape index (κ1) is 23.0. The van der Waals surface area contributed by atoms with E-state index in [0.29, 0.717) is 40.6 Å². The van der Waals surface area contributed by atoms with Crippen molar-refractivity contribution >= 4 is 51.1 Å². The number of rotatable bonds is 6. The zero-order valence-corrected chi connectivity index (χ0v) is 19.8. The number of benzene rings is 1. The van der Waals surface area contributed by atoms with Crippen LogP contribution in [0.3, 0.4) is 0 Å². The number of hydrogen-bond donors (Lipinski definition) is 1. The normalized spacial score (nSPS) is 13.0. The van der Waals surface area contributed by atoms with Gasteiger partial charge in [-0.3, -0.25) is 23.7 Å². The van der Waals surface area contributed by atoms with Crippen LogP contribution in [0, 0.1) is 0 Å². The van der Waals surface area contributed by atoms with Gasteiger partial charge in [0.05, 0.1) is 30.5 Å². The van der Waals surface area contributed by atoms with E-state index in [-0.39, 0.29) is 29.7 Å². The summed E-state index contributed by atoms with van der Waals surface area (Å²) in [6.45, 7) is 2.35. The molecule has 1 aliphatic rings. The molecule has 0 radical (unpaired) electrons. The molecule has 0 atom stereocenters. The second-order valence-corrected chi connectivity index (χ2v) is 9.41. The predicted molar refractivity (Wildman–Crippen MR) is 126 cm³/mol. The predicted octanol–water partition coefficient (Wildman–Crippen LogP) is 1.73. The molecule has 0 fully saturated rings. The Balaban J connectivity index is 1.72. The third-order valence-electron chi connectivity index (χ3n) is 5.29. The highest BCUT2D eigenvalue weighted by Gasteiger charge is 2.26. The standard InChI is InChI=1S/C22H22N4O5S2/c1-13(27)25-9-8-15-16(11-25)33-20-19(15)21(30)26(14-6-4-3-5-7-14)22(24-20)32-12-17(28)23-10-18(29)31-2/h3-7H,8-12H2,1-2H3,(H,23,28). The zero-order valence-electron chi connectivity index (χ0n) is 18.1. The molecule has 2 amide bonds. The smallest absolute Gasteiger partial charge is 0.325 e. The third-order valence-corrected chi connectivity index (χ3v) is 7.34. The van der Waals surface area contributed by atoms with Gasteiger partial charge in [-0.1, -0.05) is 30.0 Å². The highest BCUT2D eigenvalue weighted by atomic mass is 32.2. The van der Waals surface area contributed by atoms with E-state index in [2.05, 4.69) is 10.1 Å². The molecule has 3 aromatic rings. The Kier molecular flexibility index (Phi) is 6.80. The molecule has 9 nitrogen and oxygen atoms in total. The van der Waals surface area contributed by atoms with E-state index in [1.807, 2.05) is 30.3 Å². The topological polar surface area (TPSA) is 111 Å². The summed E-state index contributed by atoms with van der Waals surface area (Å²) in [4.78, 5) is 57.0. The molecule has 1 N–H and O–H groups in total. The summed E-state index contributed by atoms with van der Waals surface area (Å²) in [5.41, 5.74) is 1.40. The van der Waals surface area contributed by atoms with Crippen molar-refractivity contribution < 1.29 is 19.1 Å². The van der Waals surface area contributed by atoms with Gasteiger partial charge in [0.2, 0.25) is 11.8 Å². The average molecular weight is 487 g/mol. The first-order valence-corrected chi connectivity index (χ1v) is 12.0. The minimum absolute atomic E-state index is 0.00183. The van der Waals surface area contributed by atoms with Gasteiger partial charge in [0.1, 0.15) is 11.4 Å². The summed E-state index contributed by atoms with van der Waals surface area (Å²) in [6, 6.07) is 9.14. The van der Waals surface area contributed by atoms with Gasteiger partial charge >= 0.3 is 5.97 Å². The molecule has 1 aromatic carbocycles. The van der Waals surface area contributed by atoms with Crippen LogP contribution < -0.4 is 10.9 Å². The van der Waals surface area contributed by atoms with Crippen LogP contribution in [0.2, 0.25) is 0 Å². The Morgan fingerprint density at radius 2 is 2.00 bits per heavy atom. The van der Waals surface area contributed by atoms with Crippen LogP contribution in [0.15, 0.2) is 40.3 Å². The molecule has 0 spiro atoms. The zero-order chi connectivity index (χ0) is 23.5. The van der Waals surface area contributed by atoms with Crippen molar-refractivity contribution in [3.63, 3.8) is 0 Å². The van der Waals surface area contributed by atoms with Crippen molar-refractivity contribution in [2.24, 2.45) is 0 Å². The van der Waals surface area contributed by atoms with Crippen molar-refractivity contribution in [3.8, 4) is 5.69 Å². The summed E-state index contributed by atoms with van der Waals surface area (Å²) in [7, 11) is 1.25. The SMILES string of the molecule is COC(=O)CNC(=O)CSc1nc2sc3c(c2c(=O)n1-c1ccccc1)CCN(C(C)=O)C3. The van der Waals surface area contributed by atoms with Gasteiger partial charge in [0.25, 0.3) is 5.56 Å². The fourth-order valence-corrected chi connectivity index (χ4v) is 5.74. The Labute approximate surface area is 197 Å². The number of methoxy groups -OCH3 is 1. The van der Waals surface area contributed by atoms with E-state index in [0.717, 1.165) is 22.2 Å². The van der Waals surface area contributed by atoms with Gasteiger partial charge in [-0.25, -0.2) is 4.98 Å². The second kappa shape index (κ2) is 9.75. The van der Waals surface area contributed by atoms with Crippen molar-refractivity contribution in [2.45, 2.75) is 25.0 Å². The molecule has 0 bridgehead atoms. The number of ether oxygens (including phenoxy) is 1. The highest BCUT2D eigenvalue weighted by Crippen LogP contribution is 2.34. The lowest BCUT2D eigenvalue weighted by atomic mass is 10.1. The average Bonchev–Trinajstić information content (AvgIpc) is 3.19. The molecule has 33 heavy (non-hydrogen) atoms. The number of carbonyl (C=O) groups excluding carboxylic acids is 3. The van der Waals surface area contributed by atoms with Gasteiger partial charge in [0.15, 0.2) is 5.16 Å². The monoisotopic (exact) mass is 486 g/mol. The van der Waals surface area contributed by atoms with E-state index in [4.69, 9.17) is 4.98 Å². The lowest BCUT2D eigenvalue weighted by Gasteiger charge is -2.25. The lowest BCUT2D eigenvalue weighted by Crippen LogP contribution is -2.34. The number of amides is 2. The Morgan fingerprint density at radius 3 is 2.70 bits per heavy atom. The molecule has 1 aliphatic heterocycles. The van der Waals surface area contributed by atoms with Crippen LogP contribution in [-0.2, 0) is 32.1 Å². The number of hydrogen-bond acceptors (Lipinski definition) is 8. The number of thioether (sulfide) groups is 1. The molecule has 0 aliphatic carbocycles. The minimum Gasteiger partial charge on any atom is -0.468 e. The molecule has 3 heterocycles. The third kappa shape index (κ3) is 4.79. The number of fused-ring (bicyclic) bond motifs is 3. The number of nitrogens with zero attached hydrogens (tertiary/aromatic N) is 3. The van der Waals surface area contributed by atoms with Gasteiger partial charge in [-0.15, -0.1) is 11.3 Å². The summed E-state index contributed by atoms with van der Waals surface area (Å²) in [6.07, 6.45) is 0.600. The van der Waals surface area contributed by atoms with E-state index in [9.17, 15) is 19.2 Å². The second-order valence-electron chi connectivity index (χ2n) is 7.39. The fraction of sp³-hybridized carbons (Fsp3) is 0.318. The van der Waals surface area contributed by atoms with E-state index < -0.39 is 5.97 Å². The summed E-state index contributed by atoms with van der Waals surface area (Å²) >= 11 is 2.53. The van der Waals surface area contributed by atoms with E-state index in [1.165, 1.54) is 23.0 Å². The van der Waals surface area contributed by atoms with Gasteiger partial charge in [0, 0.05) is 18.3 Å². The Bertz CT molecular complexity index is 1290. The maximum Gasteiger partial charge on any atom is 0.325 e. The number of carbonyl (C=O) groups is 3. The van der Waals surface area contributed by atoms with Crippen LogP contribution in [-0.4, -0.2) is 58.2 Å². The van der Waals surface area contributed by atoms with Crippen LogP contribution in [0.4, 0.5) is 0 Å². The summed E-state index contributed by atoms with van der Waals surface area (Å²) < 4.78 is 6.04. The number of thiophene rings is 1. The summed E-state index contributed by atoms with van der Waals surface area (Å²) in [5, 5.41) is 3.44. The maximum atomic E-state index is 13.7. The van der Waals surface area contributed by atoms with Crippen LogP contribution in [0.1, 0.15) is 17.4 Å². The Morgan fingerprint density at radius 1 is 1.24 bits per heavy atom. The fourth-order valence-electron chi connectivity index (χ4n) is 3.62. The van der Waals surface area contributed by atoms with Gasteiger partial charge in [-0.2, -0.15) is 0 Å². The van der Waals surface area contributed by atoms with Crippen molar-refractivity contribution in [1.29, 1.82) is 0 Å². The minimum atomic E-state index is -0.544. The molecular weight excluding hydrogens is 464 g/mol. The van der Waals surface area contributed by atoms with Crippen molar-refractivity contribution in [1.82, 2.24) is 19.8 Å².